The van der Waals surface area contributed by atoms with Gasteiger partial charge in [0.2, 0.25) is 0 Å². The first-order valence-corrected chi connectivity index (χ1v) is 12.2. The molecule has 2 N–H and O–H groups in total. The van der Waals surface area contributed by atoms with E-state index in [1.165, 1.54) is 49.0 Å². The largest absolute Gasteiger partial charge is 0.495 e. The molecule has 3 aromatic carbocycles. The molecule has 0 aliphatic carbocycles. The third-order valence-electron chi connectivity index (χ3n) is 4.54. The molecule has 0 spiro atoms. The van der Waals surface area contributed by atoms with Crippen LogP contribution in [0.3, 0.4) is 0 Å². The molecule has 0 aliphatic rings. The normalized spacial score (nSPS) is 11.2. The van der Waals surface area contributed by atoms with Gasteiger partial charge in [-0.25, -0.2) is 8.42 Å². The minimum Gasteiger partial charge on any atom is -0.495 e. The number of carbonyl (C=O) groups excluding carboxylic acids is 1. The zero-order valence-electron chi connectivity index (χ0n) is 17.2. The van der Waals surface area contributed by atoms with Crippen molar-refractivity contribution in [1.82, 2.24) is 4.37 Å². The Hall–Kier alpha value is -3.34. The lowest BCUT2D eigenvalue weighted by Crippen LogP contribution is -2.20. The second-order valence-electron chi connectivity index (χ2n) is 6.84. The average molecular weight is 504 g/mol. The van der Waals surface area contributed by atoms with Gasteiger partial charge in [-0.2, -0.15) is 4.37 Å². The molecule has 1 amide bonds. The number of nitrogens with zero attached hydrogens (tertiary/aromatic N) is 1. The van der Waals surface area contributed by atoms with Crippen LogP contribution < -0.4 is 19.5 Å². The van der Waals surface area contributed by atoms with E-state index in [2.05, 4.69) is 14.4 Å². The molecule has 0 fully saturated rings. The lowest BCUT2D eigenvalue weighted by molar-refractivity contribution is -0.118. The maximum atomic E-state index is 12.6. The number of benzene rings is 3. The zero-order valence-corrected chi connectivity index (χ0v) is 19.6. The van der Waals surface area contributed by atoms with Crippen LogP contribution in [0.5, 0.6) is 11.5 Å². The van der Waals surface area contributed by atoms with Crippen LogP contribution >= 0.6 is 23.1 Å². The van der Waals surface area contributed by atoms with Crippen LogP contribution in [0.25, 0.3) is 10.1 Å². The number of anilines is 2. The van der Waals surface area contributed by atoms with Crippen molar-refractivity contribution in [3.63, 3.8) is 0 Å². The van der Waals surface area contributed by atoms with Crippen molar-refractivity contribution in [3.05, 3.63) is 71.9 Å². The van der Waals surface area contributed by atoms with E-state index in [4.69, 9.17) is 21.1 Å². The van der Waals surface area contributed by atoms with Crippen molar-refractivity contribution in [2.24, 2.45) is 0 Å². The summed E-state index contributed by atoms with van der Waals surface area (Å²) in [6, 6.07) is 15.8. The molecule has 170 valence electrons. The van der Waals surface area contributed by atoms with Crippen molar-refractivity contribution >= 4 is 60.5 Å². The van der Waals surface area contributed by atoms with E-state index in [1.807, 2.05) is 12.1 Å². The first-order valence-electron chi connectivity index (χ1n) is 9.57. The minimum atomic E-state index is -3.84. The molecule has 1 heterocycles. The molecule has 0 unspecified atom stereocenters. The summed E-state index contributed by atoms with van der Waals surface area (Å²) in [5.41, 5.74) is 0.941. The molecule has 0 saturated carbocycles. The van der Waals surface area contributed by atoms with Gasteiger partial charge in [0.25, 0.3) is 15.9 Å². The van der Waals surface area contributed by atoms with Gasteiger partial charge in [0.1, 0.15) is 11.5 Å². The Morgan fingerprint density at radius 1 is 1.06 bits per heavy atom. The number of amides is 1. The zero-order chi connectivity index (χ0) is 23.4. The third-order valence-corrected chi connectivity index (χ3v) is 7.02. The topological polar surface area (TPSA) is 107 Å². The number of ether oxygens (including phenoxy) is 2. The molecule has 11 heteroatoms. The Morgan fingerprint density at radius 2 is 1.82 bits per heavy atom. The number of fused-ring (bicyclic) bond motifs is 1. The van der Waals surface area contributed by atoms with Gasteiger partial charge in [-0.05, 0) is 72.2 Å². The van der Waals surface area contributed by atoms with Gasteiger partial charge in [-0.3, -0.25) is 9.52 Å². The molecule has 8 nitrogen and oxygen atoms in total. The van der Waals surface area contributed by atoms with Crippen LogP contribution in [0.4, 0.5) is 11.4 Å². The monoisotopic (exact) mass is 503 g/mol. The number of hydrogen-bond acceptors (Lipinski definition) is 7. The summed E-state index contributed by atoms with van der Waals surface area (Å²) in [6.45, 7) is -0.228. The minimum absolute atomic E-state index is 0.0314. The molecule has 0 radical (unpaired) electrons. The maximum absolute atomic E-state index is 12.6. The van der Waals surface area contributed by atoms with Crippen LogP contribution in [-0.4, -0.2) is 32.4 Å². The van der Waals surface area contributed by atoms with Crippen LogP contribution in [0.1, 0.15) is 0 Å². The van der Waals surface area contributed by atoms with E-state index in [0.29, 0.717) is 22.9 Å². The molecule has 33 heavy (non-hydrogen) atoms. The first kappa shape index (κ1) is 22.8. The van der Waals surface area contributed by atoms with Crippen molar-refractivity contribution in [2.45, 2.75) is 4.90 Å². The molecular weight excluding hydrogens is 486 g/mol. The molecule has 4 rings (SSSR count). The van der Waals surface area contributed by atoms with Crippen molar-refractivity contribution in [2.75, 3.05) is 23.8 Å². The van der Waals surface area contributed by atoms with Crippen molar-refractivity contribution in [3.8, 4) is 11.5 Å². The lowest BCUT2D eigenvalue weighted by Gasteiger charge is -2.11. The Labute approximate surface area is 199 Å². The fraction of sp³-hybridized carbons (Fsp3) is 0.0909. The highest BCUT2D eigenvalue weighted by molar-refractivity contribution is 7.92. The Kier molecular flexibility index (Phi) is 6.68. The van der Waals surface area contributed by atoms with Gasteiger partial charge in [0, 0.05) is 17.3 Å². The smallest absolute Gasteiger partial charge is 0.262 e. The quantitative estimate of drug-likeness (QED) is 0.358. The summed E-state index contributed by atoms with van der Waals surface area (Å²) < 4.78 is 43.4. The van der Waals surface area contributed by atoms with Gasteiger partial charge >= 0.3 is 0 Å². The number of sulfonamides is 1. The second-order valence-corrected chi connectivity index (χ2v) is 9.76. The van der Waals surface area contributed by atoms with Crippen molar-refractivity contribution in [1.29, 1.82) is 0 Å². The van der Waals surface area contributed by atoms with E-state index in [0.717, 1.165) is 10.1 Å². The number of carbonyl (C=O) groups is 1. The molecule has 4 aromatic rings. The van der Waals surface area contributed by atoms with E-state index in [-0.39, 0.29) is 22.4 Å². The van der Waals surface area contributed by atoms with E-state index >= 15 is 0 Å². The summed E-state index contributed by atoms with van der Waals surface area (Å²) in [5.74, 6) is 0.454. The highest BCUT2D eigenvalue weighted by atomic mass is 35.5. The number of halogens is 1. The standard InChI is InChI=1S/C22H18ClN3O5S2/c1-30-20-8-2-16(11-19(20)23)26-33(28,29)18-6-4-17(5-7-18)31-13-22(27)25-15-3-9-21-14(10-15)12-24-32-21/h2-12,26H,13H2,1H3,(H,25,27). The van der Waals surface area contributed by atoms with E-state index < -0.39 is 10.0 Å². The fourth-order valence-corrected chi connectivity index (χ4v) is 4.89. The number of methoxy groups -OCH3 is 1. The molecule has 0 bridgehead atoms. The van der Waals surface area contributed by atoms with Gasteiger partial charge < -0.3 is 14.8 Å². The highest BCUT2D eigenvalue weighted by Gasteiger charge is 2.15. The molecule has 0 saturated heterocycles. The summed E-state index contributed by atoms with van der Waals surface area (Å²) in [5, 5.41) is 3.99. The van der Waals surface area contributed by atoms with Gasteiger partial charge in [0.05, 0.1) is 27.4 Å². The van der Waals surface area contributed by atoms with Gasteiger partial charge in [-0.1, -0.05) is 11.6 Å². The maximum Gasteiger partial charge on any atom is 0.262 e. The van der Waals surface area contributed by atoms with Gasteiger partial charge in [-0.15, -0.1) is 0 Å². The SMILES string of the molecule is COc1ccc(NS(=O)(=O)c2ccc(OCC(=O)Nc3ccc4sncc4c3)cc2)cc1Cl. The second kappa shape index (κ2) is 9.65. The van der Waals surface area contributed by atoms with Gasteiger partial charge in [0.15, 0.2) is 6.61 Å². The highest BCUT2D eigenvalue weighted by Crippen LogP contribution is 2.28. The number of hydrogen-bond donors (Lipinski definition) is 2. The van der Waals surface area contributed by atoms with Crippen LogP contribution in [0, 0.1) is 0 Å². The predicted molar refractivity (Wildman–Crippen MR) is 129 cm³/mol. The Morgan fingerprint density at radius 3 is 2.55 bits per heavy atom. The molecule has 0 atom stereocenters. The number of aromatic nitrogens is 1. The predicted octanol–water partition coefficient (Wildman–Crippen LogP) is 4.78. The first-order chi connectivity index (χ1) is 15.8. The molecule has 1 aromatic heterocycles. The van der Waals surface area contributed by atoms with Crippen molar-refractivity contribution < 1.29 is 22.7 Å². The van der Waals surface area contributed by atoms with Crippen LogP contribution in [0.2, 0.25) is 5.02 Å². The van der Waals surface area contributed by atoms with Crippen LogP contribution in [0.15, 0.2) is 71.8 Å². The Balaban J connectivity index is 1.35. The lowest BCUT2D eigenvalue weighted by atomic mass is 10.2. The average Bonchev–Trinajstić information content (AvgIpc) is 3.26. The number of nitrogens with one attached hydrogen (secondary N) is 2. The molecular formula is C22H18ClN3O5S2. The summed E-state index contributed by atoms with van der Waals surface area (Å²) in [4.78, 5) is 12.2. The summed E-state index contributed by atoms with van der Waals surface area (Å²) >= 11 is 7.43. The van der Waals surface area contributed by atoms with E-state index in [1.54, 1.807) is 24.4 Å². The summed E-state index contributed by atoms with van der Waals surface area (Å²) in [6.07, 6.45) is 1.74. The summed E-state index contributed by atoms with van der Waals surface area (Å²) in [7, 11) is -2.37. The third kappa shape index (κ3) is 5.54. The van der Waals surface area contributed by atoms with E-state index in [9.17, 15) is 13.2 Å². The van der Waals surface area contributed by atoms with Crippen LogP contribution in [-0.2, 0) is 14.8 Å². The number of rotatable bonds is 8. The Bertz CT molecular complexity index is 1410. The fourth-order valence-electron chi connectivity index (χ4n) is 2.96. The molecule has 0 aliphatic heterocycles.